The molecule has 0 amide bonds. The van der Waals surface area contributed by atoms with Crippen molar-refractivity contribution in [3.8, 4) is 35.0 Å². The number of nitrogens with zero attached hydrogens (tertiary/aromatic N) is 12. The lowest BCUT2D eigenvalue weighted by Crippen LogP contribution is -2.24. The summed E-state index contributed by atoms with van der Waals surface area (Å²) in [7, 11) is 1.89. The molecule has 0 radical (unpaired) electrons. The molecule has 6 aromatic heterocycles. The first-order chi connectivity index (χ1) is 28.4. The molecule has 8 aromatic rings. The Balaban J connectivity index is 0.833. The number of ether oxygens (including phenoxy) is 2. The third kappa shape index (κ3) is 6.48. The van der Waals surface area contributed by atoms with Crippen molar-refractivity contribution in [3.05, 3.63) is 137 Å². The van der Waals surface area contributed by atoms with Crippen molar-refractivity contribution in [2.45, 2.75) is 58.4 Å². The van der Waals surface area contributed by atoms with Gasteiger partial charge in [-0.05, 0) is 85.0 Å². The highest BCUT2D eigenvalue weighted by Gasteiger charge is 2.32. The largest absolute Gasteiger partial charge is 0.484 e. The Morgan fingerprint density at radius 2 is 1.26 bits per heavy atom. The van der Waals surface area contributed by atoms with Crippen LogP contribution in [-0.2, 0) is 26.6 Å². The summed E-state index contributed by atoms with van der Waals surface area (Å²) in [5.74, 6) is 2.07. The van der Waals surface area contributed by atoms with Gasteiger partial charge in [-0.2, -0.15) is 30.3 Å². The van der Waals surface area contributed by atoms with E-state index in [0.717, 1.165) is 98.4 Å². The summed E-state index contributed by atoms with van der Waals surface area (Å²) in [5.41, 5.74) is 9.01. The fraction of sp³-hybridized carbons (Fsp3) is 0.273. The zero-order valence-electron chi connectivity index (χ0n) is 32.3. The normalized spacial score (nSPS) is 18.6. The van der Waals surface area contributed by atoms with Crippen molar-refractivity contribution >= 4 is 21.8 Å². The van der Waals surface area contributed by atoms with Crippen molar-refractivity contribution < 1.29 is 9.47 Å². The minimum atomic E-state index is -0.206. The van der Waals surface area contributed by atoms with Crippen LogP contribution in [0.2, 0.25) is 0 Å². The quantitative estimate of drug-likeness (QED) is 0.159. The van der Waals surface area contributed by atoms with Gasteiger partial charge in [0.25, 0.3) is 0 Å². The molecule has 286 valence electrons. The summed E-state index contributed by atoms with van der Waals surface area (Å²) in [5, 5.41) is 29.5. The van der Waals surface area contributed by atoms with Crippen LogP contribution in [0.5, 0.6) is 11.5 Å². The second kappa shape index (κ2) is 14.3. The van der Waals surface area contributed by atoms with E-state index in [1.54, 1.807) is 28.0 Å². The van der Waals surface area contributed by atoms with E-state index in [2.05, 4.69) is 62.3 Å². The van der Waals surface area contributed by atoms with Gasteiger partial charge in [0, 0.05) is 42.3 Å². The predicted molar refractivity (Wildman–Crippen MR) is 216 cm³/mol. The molecule has 0 aliphatic heterocycles. The molecule has 0 spiro atoms. The lowest BCUT2D eigenvalue weighted by atomic mass is 9.85. The number of fused-ring (bicyclic) bond motifs is 4. The Hall–Kier alpha value is -7.32. The molecular weight excluding hydrogens is 729 g/mol. The molecule has 0 unspecified atom stereocenters. The average molecular weight is 768 g/mol. The topological polar surface area (TPSA) is 144 Å². The minimum absolute atomic E-state index is 0.186. The number of rotatable bonds is 7. The van der Waals surface area contributed by atoms with Gasteiger partial charge in [0.15, 0.2) is 0 Å². The van der Waals surface area contributed by atoms with Gasteiger partial charge < -0.3 is 9.47 Å². The Morgan fingerprint density at radius 3 is 1.84 bits per heavy atom. The molecule has 14 heteroatoms. The van der Waals surface area contributed by atoms with Gasteiger partial charge in [0.1, 0.15) is 46.7 Å². The number of pyridine rings is 2. The molecule has 0 saturated carbocycles. The summed E-state index contributed by atoms with van der Waals surface area (Å²) >= 11 is 0. The maximum absolute atomic E-state index is 9.36. The van der Waals surface area contributed by atoms with Gasteiger partial charge >= 0.3 is 12.7 Å². The van der Waals surface area contributed by atoms with Crippen LogP contribution in [0.3, 0.4) is 0 Å². The zero-order valence-corrected chi connectivity index (χ0v) is 32.3. The fourth-order valence-corrected chi connectivity index (χ4v) is 8.13. The summed E-state index contributed by atoms with van der Waals surface area (Å²) < 4.78 is 20.5. The van der Waals surface area contributed by atoms with E-state index >= 15 is 0 Å². The highest BCUT2D eigenvalue weighted by atomic mass is 16.5. The van der Waals surface area contributed by atoms with E-state index in [0.29, 0.717) is 5.56 Å². The second-order valence-corrected chi connectivity index (χ2v) is 15.3. The van der Waals surface area contributed by atoms with Gasteiger partial charge in [-0.15, -0.1) is 0 Å². The molecule has 2 aromatic carbocycles. The highest BCUT2D eigenvalue weighted by Crippen LogP contribution is 2.39. The SMILES string of the molecule is C[C@@H]1CCc2cc(C#N)cnc2[C@@H]1Oc1ccc2cnn(-c3cnn(C[N+]#Cc4cnc5c(c4)CC[C@H](C)[C@@H]5Oc4ccc5cnn(-c6cnn(C)c6)c5c4)c3)c2c1. The smallest absolute Gasteiger partial charge is 0.357 e. The van der Waals surface area contributed by atoms with E-state index < -0.39 is 0 Å². The maximum Gasteiger partial charge on any atom is 0.357 e. The van der Waals surface area contributed by atoms with E-state index in [9.17, 15) is 5.26 Å². The van der Waals surface area contributed by atoms with Crippen molar-refractivity contribution in [1.29, 1.82) is 5.26 Å². The first-order valence-corrected chi connectivity index (χ1v) is 19.5. The molecule has 0 saturated heterocycles. The molecular formula is C44H39N12O2+. The Morgan fingerprint density at radius 1 is 0.690 bits per heavy atom. The number of nitriles is 1. The number of hydrogen-bond acceptors (Lipinski definition) is 9. The lowest BCUT2D eigenvalue weighted by Gasteiger charge is -2.30. The highest BCUT2D eigenvalue weighted by molar-refractivity contribution is 5.82. The molecule has 58 heavy (non-hydrogen) atoms. The van der Waals surface area contributed by atoms with Crippen LogP contribution >= 0.6 is 0 Å². The van der Waals surface area contributed by atoms with Crippen LogP contribution in [0.4, 0.5) is 0 Å². The molecule has 0 fully saturated rings. The summed E-state index contributed by atoms with van der Waals surface area (Å²) in [6.45, 7) is 4.68. The van der Waals surface area contributed by atoms with Gasteiger partial charge in [-0.3, -0.25) is 14.6 Å². The average Bonchev–Trinajstić information content (AvgIpc) is 4.06. The van der Waals surface area contributed by atoms with Crippen LogP contribution in [0, 0.1) is 29.2 Å². The van der Waals surface area contributed by atoms with Gasteiger partial charge in [-0.1, -0.05) is 18.7 Å². The van der Waals surface area contributed by atoms with Crippen LogP contribution in [-0.4, -0.2) is 49.1 Å². The third-order valence-electron chi connectivity index (χ3n) is 11.3. The van der Waals surface area contributed by atoms with E-state index in [1.807, 2.05) is 89.9 Å². The Labute approximate surface area is 333 Å². The van der Waals surface area contributed by atoms with E-state index in [1.165, 1.54) is 0 Å². The predicted octanol–water partition coefficient (Wildman–Crippen LogP) is 7.70. The van der Waals surface area contributed by atoms with Crippen LogP contribution in [0.15, 0.2) is 98.1 Å². The fourth-order valence-electron chi connectivity index (χ4n) is 8.13. The van der Waals surface area contributed by atoms with Crippen LogP contribution < -0.4 is 9.47 Å². The molecule has 14 nitrogen and oxygen atoms in total. The standard InChI is InChI=1S/C44H39N12O2/c1-27-4-6-31-12-29(16-45)18-47-41(31)43(27)57-38-11-9-34-21-52-56(40(34)15-38)36-23-50-54(25-36)26-46-17-30-13-32-7-5-28(2)44(42(32)48-19-30)58-37-10-8-33-20-51-55(39(33)14-37)35-22-49-53(3)24-35/h8-15,18-25,27-28,43-44H,4-7,26H2,1-3H3/q+1/t27-,28+,43-,44+/m1/s1. The van der Waals surface area contributed by atoms with E-state index in [-0.39, 0.29) is 30.7 Å². The molecule has 2 aliphatic rings. The van der Waals surface area contributed by atoms with E-state index in [4.69, 9.17) is 14.5 Å². The first kappa shape index (κ1) is 35.1. The van der Waals surface area contributed by atoms with Gasteiger partial charge in [0.2, 0.25) is 0 Å². The maximum atomic E-state index is 9.36. The number of aryl methyl sites for hydroxylation is 3. The second-order valence-electron chi connectivity index (χ2n) is 15.3. The van der Waals surface area contributed by atoms with Crippen molar-refractivity contribution in [1.82, 2.24) is 49.1 Å². The Bertz CT molecular complexity index is 2960. The molecule has 2 aliphatic carbocycles. The molecule has 0 bridgehead atoms. The molecule has 10 rings (SSSR count). The summed E-state index contributed by atoms with van der Waals surface area (Å²) in [6, 6.07) is 21.5. The third-order valence-corrected chi connectivity index (χ3v) is 11.3. The van der Waals surface area contributed by atoms with Crippen molar-refractivity contribution in [2.24, 2.45) is 18.9 Å². The monoisotopic (exact) mass is 767 g/mol. The van der Waals surface area contributed by atoms with Crippen molar-refractivity contribution in [2.75, 3.05) is 0 Å². The zero-order chi connectivity index (χ0) is 39.3. The van der Waals surface area contributed by atoms with Crippen LogP contribution in [0.1, 0.15) is 72.5 Å². The number of hydrogen-bond donors (Lipinski definition) is 0. The summed E-state index contributed by atoms with van der Waals surface area (Å²) in [6.07, 6.45) is 17.9. The van der Waals surface area contributed by atoms with Crippen molar-refractivity contribution in [3.63, 3.8) is 0 Å². The number of benzene rings is 2. The van der Waals surface area contributed by atoms with Crippen LogP contribution in [0.25, 0.3) is 38.0 Å². The molecule has 6 heterocycles. The van der Waals surface area contributed by atoms with Gasteiger partial charge in [-0.25, -0.2) is 9.36 Å². The molecule has 4 atom stereocenters. The summed E-state index contributed by atoms with van der Waals surface area (Å²) in [4.78, 5) is 14.1. The Kier molecular flexibility index (Phi) is 8.67. The van der Waals surface area contributed by atoms with Gasteiger partial charge in [0.05, 0.1) is 65.2 Å². The lowest BCUT2D eigenvalue weighted by molar-refractivity contribution is 0.124. The molecule has 0 N–H and O–H groups in total. The first-order valence-electron chi connectivity index (χ1n) is 19.5. The number of aromatic nitrogens is 10. The minimum Gasteiger partial charge on any atom is -0.484 e.